The summed E-state index contributed by atoms with van der Waals surface area (Å²) in [7, 11) is 0. The molecule has 0 unspecified atom stereocenters. The van der Waals surface area contributed by atoms with Gasteiger partial charge in [0.05, 0.1) is 17.0 Å². The standard InChI is InChI=1S/C22H18Br2N2O5/c1-13-5-6-17(8-14(13)2)30-12-20(27)26-25-11-15-9-16(23)10-18(24)21(15)31-22(28)19-4-3-7-29-19/h3-11H,12H2,1-2H3,(H,26,27)/b25-11-. The summed E-state index contributed by atoms with van der Waals surface area (Å²) in [4.78, 5) is 24.3. The first-order chi connectivity index (χ1) is 14.8. The van der Waals surface area contributed by atoms with Crippen LogP contribution in [0, 0.1) is 13.8 Å². The minimum atomic E-state index is -0.659. The number of furan rings is 1. The van der Waals surface area contributed by atoms with E-state index in [0.29, 0.717) is 15.8 Å². The minimum absolute atomic E-state index is 0.0644. The van der Waals surface area contributed by atoms with E-state index in [0.717, 1.165) is 15.6 Å². The van der Waals surface area contributed by atoms with Crippen LogP contribution in [0.15, 0.2) is 67.2 Å². The lowest BCUT2D eigenvalue weighted by Gasteiger charge is -2.10. The molecule has 31 heavy (non-hydrogen) atoms. The summed E-state index contributed by atoms with van der Waals surface area (Å²) in [5, 5.41) is 3.94. The quantitative estimate of drug-likeness (QED) is 0.190. The van der Waals surface area contributed by atoms with Crippen LogP contribution in [0.1, 0.15) is 27.2 Å². The van der Waals surface area contributed by atoms with Gasteiger partial charge in [0.15, 0.2) is 12.4 Å². The summed E-state index contributed by atoms with van der Waals surface area (Å²) in [5.74, 6) is -0.195. The molecule has 3 rings (SSSR count). The van der Waals surface area contributed by atoms with Crippen molar-refractivity contribution in [2.75, 3.05) is 6.61 Å². The van der Waals surface area contributed by atoms with Crippen molar-refractivity contribution in [3.8, 4) is 11.5 Å². The molecule has 1 amide bonds. The van der Waals surface area contributed by atoms with Crippen molar-refractivity contribution < 1.29 is 23.5 Å². The highest BCUT2D eigenvalue weighted by Crippen LogP contribution is 2.32. The molecule has 1 N–H and O–H groups in total. The highest BCUT2D eigenvalue weighted by molar-refractivity contribution is 9.11. The van der Waals surface area contributed by atoms with E-state index in [1.165, 1.54) is 18.5 Å². The van der Waals surface area contributed by atoms with Crippen molar-refractivity contribution in [3.63, 3.8) is 0 Å². The van der Waals surface area contributed by atoms with Gasteiger partial charge in [-0.3, -0.25) is 4.79 Å². The van der Waals surface area contributed by atoms with Crippen LogP contribution in [-0.4, -0.2) is 24.7 Å². The summed E-state index contributed by atoms with van der Waals surface area (Å²) < 4.78 is 17.2. The number of nitrogens with one attached hydrogen (secondary N) is 1. The molecule has 2 aromatic carbocycles. The lowest BCUT2D eigenvalue weighted by molar-refractivity contribution is -0.123. The van der Waals surface area contributed by atoms with Gasteiger partial charge in [0, 0.05) is 10.0 Å². The topological polar surface area (TPSA) is 90.1 Å². The van der Waals surface area contributed by atoms with Crippen LogP contribution in [0.4, 0.5) is 0 Å². The zero-order valence-corrected chi connectivity index (χ0v) is 19.8. The van der Waals surface area contributed by atoms with Crippen molar-refractivity contribution in [3.05, 3.63) is 80.1 Å². The van der Waals surface area contributed by atoms with Gasteiger partial charge in [-0.1, -0.05) is 22.0 Å². The number of benzene rings is 2. The Morgan fingerprint density at radius 3 is 2.65 bits per heavy atom. The van der Waals surface area contributed by atoms with E-state index in [4.69, 9.17) is 13.9 Å². The molecular weight excluding hydrogens is 532 g/mol. The first-order valence-corrected chi connectivity index (χ1v) is 10.7. The average Bonchev–Trinajstić information content (AvgIpc) is 3.26. The van der Waals surface area contributed by atoms with Crippen molar-refractivity contribution in [1.29, 1.82) is 0 Å². The van der Waals surface area contributed by atoms with Gasteiger partial charge in [0.1, 0.15) is 5.75 Å². The predicted octanol–water partition coefficient (Wildman–Crippen LogP) is 5.17. The third kappa shape index (κ3) is 6.28. The Morgan fingerprint density at radius 2 is 1.94 bits per heavy atom. The predicted molar refractivity (Wildman–Crippen MR) is 123 cm³/mol. The van der Waals surface area contributed by atoms with E-state index in [-0.39, 0.29) is 18.1 Å². The van der Waals surface area contributed by atoms with Crippen LogP contribution in [0.2, 0.25) is 0 Å². The molecule has 1 heterocycles. The fourth-order valence-corrected chi connectivity index (χ4v) is 3.82. The van der Waals surface area contributed by atoms with Crippen molar-refractivity contribution in [2.24, 2.45) is 5.10 Å². The third-order valence-electron chi connectivity index (χ3n) is 4.20. The third-order valence-corrected chi connectivity index (χ3v) is 5.24. The number of halogens is 2. The minimum Gasteiger partial charge on any atom is -0.484 e. The number of aryl methyl sites for hydroxylation is 2. The van der Waals surface area contributed by atoms with Crippen molar-refractivity contribution in [2.45, 2.75) is 13.8 Å². The SMILES string of the molecule is Cc1ccc(OCC(=O)N/N=C\c2cc(Br)cc(Br)c2OC(=O)c2ccco2)cc1C. The monoisotopic (exact) mass is 548 g/mol. The molecule has 3 aromatic rings. The summed E-state index contributed by atoms with van der Waals surface area (Å²) in [6, 6.07) is 12.1. The molecular formula is C22H18Br2N2O5. The Kier molecular flexibility index (Phi) is 7.64. The molecule has 0 atom stereocenters. The lowest BCUT2D eigenvalue weighted by atomic mass is 10.1. The molecule has 0 aliphatic carbocycles. The van der Waals surface area contributed by atoms with Crippen LogP contribution >= 0.6 is 31.9 Å². The molecule has 0 aliphatic rings. The molecule has 0 fully saturated rings. The molecule has 7 nitrogen and oxygen atoms in total. The van der Waals surface area contributed by atoms with Crippen LogP contribution in [0.3, 0.4) is 0 Å². The lowest BCUT2D eigenvalue weighted by Crippen LogP contribution is -2.24. The van der Waals surface area contributed by atoms with Crippen LogP contribution in [0.25, 0.3) is 0 Å². The summed E-state index contributed by atoms with van der Waals surface area (Å²) in [6.07, 6.45) is 2.75. The van der Waals surface area contributed by atoms with Crippen molar-refractivity contribution >= 4 is 50.0 Å². The number of amides is 1. The Hall–Kier alpha value is -2.91. The summed E-state index contributed by atoms with van der Waals surface area (Å²) in [5.41, 5.74) is 5.07. The number of ether oxygens (including phenoxy) is 2. The van der Waals surface area contributed by atoms with Gasteiger partial charge in [-0.05, 0) is 77.3 Å². The van der Waals surface area contributed by atoms with Gasteiger partial charge < -0.3 is 13.9 Å². The van der Waals surface area contributed by atoms with Crippen molar-refractivity contribution in [1.82, 2.24) is 5.43 Å². The Morgan fingerprint density at radius 1 is 1.13 bits per heavy atom. The number of nitrogens with zero attached hydrogens (tertiary/aromatic N) is 1. The maximum absolute atomic E-state index is 12.2. The smallest absolute Gasteiger partial charge is 0.379 e. The summed E-state index contributed by atoms with van der Waals surface area (Å²) in [6.45, 7) is 3.78. The normalized spacial score (nSPS) is 10.8. The highest BCUT2D eigenvalue weighted by Gasteiger charge is 2.17. The zero-order chi connectivity index (χ0) is 22.4. The molecule has 0 spiro atoms. The number of hydrazone groups is 1. The van der Waals surface area contributed by atoms with Gasteiger partial charge in [-0.2, -0.15) is 5.10 Å². The Labute approximate surface area is 195 Å². The number of hydrogen-bond acceptors (Lipinski definition) is 6. The summed E-state index contributed by atoms with van der Waals surface area (Å²) >= 11 is 6.74. The van der Waals surface area contributed by atoms with Gasteiger partial charge in [-0.15, -0.1) is 0 Å². The van der Waals surface area contributed by atoms with E-state index >= 15 is 0 Å². The first-order valence-electron chi connectivity index (χ1n) is 9.10. The van der Waals surface area contributed by atoms with Gasteiger partial charge in [0.2, 0.25) is 5.76 Å². The van der Waals surface area contributed by atoms with Gasteiger partial charge in [0.25, 0.3) is 5.91 Å². The van der Waals surface area contributed by atoms with E-state index < -0.39 is 11.9 Å². The molecule has 1 aromatic heterocycles. The van der Waals surface area contributed by atoms with E-state index in [1.54, 1.807) is 24.3 Å². The number of hydrogen-bond donors (Lipinski definition) is 1. The highest BCUT2D eigenvalue weighted by atomic mass is 79.9. The fraction of sp³-hybridized carbons (Fsp3) is 0.136. The average molecular weight is 550 g/mol. The second-order valence-corrected chi connectivity index (χ2v) is 8.27. The number of carbonyl (C=O) groups excluding carboxylic acids is 2. The Bertz CT molecular complexity index is 1130. The van der Waals surface area contributed by atoms with Gasteiger partial charge in [-0.25, -0.2) is 10.2 Å². The first kappa shape index (κ1) is 22.8. The largest absolute Gasteiger partial charge is 0.484 e. The fourth-order valence-electron chi connectivity index (χ4n) is 2.48. The zero-order valence-electron chi connectivity index (χ0n) is 16.6. The number of rotatable bonds is 7. The van der Waals surface area contributed by atoms with E-state index in [1.807, 2.05) is 26.0 Å². The van der Waals surface area contributed by atoms with Crippen LogP contribution in [0.5, 0.6) is 11.5 Å². The van der Waals surface area contributed by atoms with E-state index in [2.05, 4.69) is 42.4 Å². The number of esters is 1. The van der Waals surface area contributed by atoms with E-state index in [9.17, 15) is 9.59 Å². The maximum Gasteiger partial charge on any atom is 0.379 e. The Balaban J connectivity index is 1.64. The maximum atomic E-state index is 12.2. The molecule has 0 saturated carbocycles. The van der Waals surface area contributed by atoms with Crippen LogP contribution < -0.4 is 14.9 Å². The second-order valence-electron chi connectivity index (χ2n) is 6.50. The molecule has 0 aliphatic heterocycles. The molecule has 9 heteroatoms. The van der Waals surface area contributed by atoms with Crippen LogP contribution in [-0.2, 0) is 4.79 Å². The molecule has 160 valence electrons. The molecule has 0 saturated heterocycles. The second kappa shape index (κ2) is 10.4. The van der Waals surface area contributed by atoms with Gasteiger partial charge >= 0.3 is 5.97 Å². The molecule has 0 bridgehead atoms. The molecule has 0 radical (unpaired) electrons. The number of carbonyl (C=O) groups is 2.